The second kappa shape index (κ2) is 10.6. The predicted octanol–water partition coefficient (Wildman–Crippen LogP) is 5.09. The molecule has 156 valence electrons. The van der Waals surface area contributed by atoms with Crippen LogP contribution in [0.5, 0.6) is 0 Å². The summed E-state index contributed by atoms with van der Waals surface area (Å²) in [6.07, 6.45) is 2.64. The fourth-order valence-electron chi connectivity index (χ4n) is 3.55. The Morgan fingerprint density at radius 1 is 1.07 bits per heavy atom. The first-order valence-corrected chi connectivity index (χ1v) is 10.1. The van der Waals surface area contributed by atoms with Gasteiger partial charge in [-0.25, -0.2) is 4.39 Å². The van der Waals surface area contributed by atoms with Gasteiger partial charge >= 0.3 is 0 Å². The zero-order valence-electron chi connectivity index (χ0n) is 17.4. The topological polar surface area (TPSA) is 42.4 Å². The summed E-state index contributed by atoms with van der Waals surface area (Å²) in [5, 5.41) is 0. The van der Waals surface area contributed by atoms with Crippen molar-refractivity contribution in [2.45, 2.75) is 39.0 Å². The minimum Gasteiger partial charge on any atom is -0.380 e. The highest BCUT2D eigenvalue weighted by molar-refractivity contribution is 5.77. The van der Waals surface area contributed by atoms with Crippen LogP contribution in [-0.2, 0) is 29.1 Å². The van der Waals surface area contributed by atoms with Crippen LogP contribution in [0.2, 0.25) is 0 Å². The number of ether oxygens (including phenoxy) is 1. The van der Waals surface area contributed by atoms with Crippen LogP contribution in [0.15, 0.2) is 72.9 Å². The smallest absolute Gasteiger partial charge is 0.223 e. The highest BCUT2D eigenvalue weighted by Gasteiger charge is 2.23. The van der Waals surface area contributed by atoms with Gasteiger partial charge in [-0.3, -0.25) is 9.78 Å². The Hall–Kier alpha value is -3.05. The van der Waals surface area contributed by atoms with Crippen LogP contribution in [-0.4, -0.2) is 22.9 Å². The highest BCUT2D eigenvalue weighted by Crippen LogP contribution is 2.27. The number of hydrogen-bond acceptors (Lipinski definition) is 3. The number of methoxy groups -OCH3 is 1. The monoisotopic (exact) mass is 406 g/mol. The van der Waals surface area contributed by atoms with E-state index in [1.165, 1.54) is 12.1 Å². The lowest BCUT2D eigenvalue weighted by atomic mass is 9.99. The largest absolute Gasteiger partial charge is 0.380 e. The standard InChI is InChI=1S/C25H27FN2O2/c1-19(24-9-4-3-7-21(24)18-30-2)28(17-23-8-5-6-16-27-23)25(29)15-12-20-10-13-22(26)14-11-20/h3-11,13-14,16,19H,12,15,17-18H2,1-2H3. The molecule has 30 heavy (non-hydrogen) atoms. The van der Waals surface area contributed by atoms with Crippen molar-refractivity contribution >= 4 is 5.91 Å². The van der Waals surface area contributed by atoms with E-state index in [1.54, 1.807) is 25.4 Å². The molecule has 3 rings (SSSR count). The van der Waals surface area contributed by atoms with Crippen LogP contribution in [0.3, 0.4) is 0 Å². The molecule has 0 aliphatic heterocycles. The Labute approximate surface area is 177 Å². The Balaban J connectivity index is 1.82. The second-order valence-electron chi connectivity index (χ2n) is 7.28. The van der Waals surface area contributed by atoms with Gasteiger partial charge < -0.3 is 9.64 Å². The van der Waals surface area contributed by atoms with Gasteiger partial charge in [-0.1, -0.05) is 42.5 Å². The minimum atomic E-state index is -0.273. The van der Waals surface area contributed by atoms with Gasteiger partial charge in [0.2, 0.25) is 5.91 Å². The van der Waals surface area contributed by atoms with Crippen LogP contribution in [0, 0.1) is 5.82 Å². The molecule has 2 aromatic carbocycles. The van der Waals surface area contributed by atoms with E-state index in [9.17, 15) is 9.18 Å². The first-order valence-electron chi connectivity index (χ1n) is 10.1. The van der Waals surface area contributed by atoms with Crippen LogP contribution >= 0.6 is 0 Å². The summed E-state index contributed by atoms with van der Waals surface area (Å²) < 4.78 is 18.5. The zero-order valence-corrected chi connectivity index (χ0v) is 17.4. The Morgan fingerprint density at radius 3 is 2.50 bits per heavy atom. The molecule has 0 fully saturated rings. The number of aryl methyl sites for hydroxylation is 1. The normalized spacial score (nSPS) is 11.8. The Kier molecular flexibility index (Phi) is 7.69. The molecule has 0 saturated heterocycles. The van der Waals surface area contributed by atoms with E-state index < -0.39 is 0 Å². The molecule has 5 heteroatoms. The zero-order chi connectivity index (χ0) is 21.3. The minimum absolute atomic E-state index is 0.0321. The Bertz CT molecular complexity index is 945. The molecule has 1 unspecified atom stereocenters. The van der Waals surface area contributed by atoms with Gasteiger partial charge in [-0.05, 0) is 54.3 Å². The first-order chi connectivity index (χ1) is 14.6. The van der Waals surface area contributed by atoms with Crippen LogP contribution in [0.1, 0.15) is 41.8 Å². The number of hydrogen-bond donors (Lipinski definition) is 0. The number of benzene rings is 2. The van der Waals surface area contributed by atoms with Crippen LogP contribution < -0.4 is 0 Å². The molecular formula is C25H27FN2O2. The molecule has 0 saturated carbocycles. The van der Waals surface area contributed by atoms with Crippen molar-refractivity contribution in [3.05, 3.63) is 101 Å². The van der Waals surface area contributed by atoms with E-state index in [2.05, 4.69) is 4.98 Å². The lowest BCUT2D eigenvalue weighted by Crippen LogP contribution is -2.34. The molecule has 3 aromatic rings. The number of carbonyl (C=O) groups is 1. The molecule has 0 aliphatic rings. The third-order valence-corrected chi connectivity index (χ3v) is 5.19. The van der Waals surface area contributed by atoms with Crippen molar-refractivity contribution in [2.75, 3.05) is 7.11 Å². The summed E-state index contributed by atoms with van der Waals surface area (Å²) in [7, 11) is 1.67. The quantitative estimate of drug-likeness (QED) is 0.497. The molecule has 1 atom stereocenters. The average Bonchev–Trinajstić information content (AvgIpc) is 2.78. The predicted molar refractivity (Wildman–Crippen MR) is 115 cm³/mol. The number of nitrogens with zero attached hydrogens (tertiary/aromatic N) is 2. The summed E-state index contributed by atoms with van der Waals surface area (Å²) in [4.78, 5) is 19.5. The molecular weight excluding hydrogens is 379 g/mol. The van der Waals surface area contributed by atoms with Crippen LogP contribution in [0.25, 0.3) is 0 Å². The maximum Gasteiger partial charge on any atom is 0.223 e. The second-order valence-corrected chi connectivity index (χ2v) is 7.28. The van der Waals surface area contributed by atoms with Crippen molar-refractivity contribution in [3.8, 4) is 0 Å². The SMILES string of the molecule is COCc1ccccc1C(C)N(Cc1ccccn1)C(=O)CCc1ccc(F)cc1. The summed E-state index contributed by atoms with van der Waals surface area (Å²) in [5.41, 5.74) is 3.90. The van der Waals surface area contributed by atoms with E-state index in [1.807, 2.05) is 54.3 Å². The van der Waals surface area contributed by atoms with E-state index >= 15 is 0 Å². The summed E-state index contributed by atoms with van der Waals surface area (Å²) in [5.74, 6) is -0.241. The molecule has 0 N–H and O–H groups in total. The van der Waals surface area contributed by atoms with Gasteiger partial charge in [-0.2, -0.15) is 0 Å². The highest BCUT2D eigenvalue weighted by atomic mass is 19.1. The van der Waals surface area contributed by atoms with Crippen molar-refractivity contribution < 1.29 is 13.9 Å². The summed E-state index contributed by atoms with van der Waals surface area (Å²) in [6.45, 7) is 2.94. The van der Waals surface area contributed by atoms with Crippen molar-refractivity contribution in [1.82, 2.24) is 9.88 Å². The summed E-state index contributed by atoms with van der Waals surface area (Å²) >= 11 is 0. The van der Waals surface area contributed by atoms with Gasteiger partial charge in [0, 0.05) is 19.7 Å². The van der Waals surface area contributed by atoms with E-state index in [-0.39, 0.29) is 17.8 Å². The molecule has 1 aromatic heterocycles. The lowest BCUT2D eigenvalue weighted by molar-refractivity contribution is -0.134. The number of amides is 1. The number of carbonyl (C=O) groups excluding carboxylic acids is 1. The van der Waals surface area contributed by atoms with Crippen molar-refractivity contribution in [2.24, 2.45) is 0 Å². The van der Waals surface area contributed by atoms with Gasteiger partial charge in [-0.15, -0.1) is 0 Å². The number of rotatable bonds is 9. The van der Waals surface area contributed by atoms with E-state index in [0.29, 0.717) is 26.0 Å². The Morgan fingerprint density at radius 2 is 1.80 bits per heavy atom. The molecule has 0 radical (unpaired) electrons. The lowest BCUT2D eigenvalue weighted by Gasteiger charge is -2.31. The van der Waals surface area contributed by atoms with E-state index in [0.717, 1.165) is 22.4 Å². The van der Waals surface area contributed by atoms with Gasteiger partial charge in [0.05, 0.1) is 24.9 Å². The van der Waals surface area contributed by atoms with Crippen LogP contribution in [0.4, 0.5) is 4.39 Å². The third kappa shape index (κ3) is 5.74. The van der Waals surface area contributed by atoms with Crippen molar-refractivity contribution in [3.63, 3.8) is 0 Å². The number of pyridine rings is 1. The first kappa shape index (κ1) is 21.7. The summed E-state index contributed by atoms with van der Waals surface area (Å²) in [6, 6.07) is 19.9. The molecule has 4 nitrogen and oxygen atoms in total. The fourth-order valence-corrected chi connectivity index (χ4v) is 3.55. The molecule has 0 aliphatic carbocycles. The number of aromatic nitrogens is 1. The molecule has 1 heterocycles. The van der Waals surface area contributed by atoms with Gasteiger partial charge in [0.1, 0.15) is 5.82 Å². The maximum absolute atomic E-state index is 13.3. The van der Waals surface area contributed by atoms with E-state index in [4.69, 9.17) is 4.74 Å². The van der Waals surface area contributed by atoms with Crippen molar-refractivity contribution in [1.29, 1.82) is 0 Å². The third-order valence-electron chi connectivity index (χ3n) is 5.19. The van der Waals surface area contributed by atoms with Gasteiger partial charge in [0.25, 0.3) is 0 Å². The molecule has 0 bridgehead atoms. The number of halogens is 1. The maximum atomic E-state index is 13.3. The molecule has 1 amide bonds. The molecule has 0 spiro atoms. The fraction of sp³-hybridized carbons (Fsp3) is 0.280. The van der Waals surface area contributed by atoms with Gasteiger partial charge in [0.15, 0.2) is 0 Å². The average molecular weight is 407 g/mol.